The lowest BCUT2D eigenvalue weighted by atomic mass is 9.88. The van der Waals surface area contributed by atoms with Crippen LogP contribution in [0, 0.1) is 0 Å². The minimum Gasteiger partial charge on any atom is -0.507 e. The van der Waals surface area contributed by atoms with E-state index in [1.54, 1.807) is 13.8 Å². The number of ether oxygens (including phenoxy) is 3. The number of fused-ring (bicyclic) bond motifs is 4. The van der Waals surface area contributed by atoms with Crippen LogP contribution in [-0.2, 0) is 19.3 Å². The lowest BCUT2D eigenvalue weighted by Crippen LogP contribution is -2.46. The zero-order valence-electron chi connectivity index (χ0n) is 21.4. The SMILES string of the molecule is CC(C)=CCc1c(O)c2c(c3c1OC(=O)c1c(O)cc(O)c(CC=C(C)C)c1O3)C[C@@H](O)C(C)(C)O2. The molecule has 2 aliphatic rings. The van der Waals surface area contributed by atoms with E-state index in [2.05, 4.69) is 0 Å². The van der Waals surface area contributed by atoms with Crippen molar-refractivity contribution in [2.24, 2.45) is 0 Å². The molecule has 0 aromatic heterocycles. The smallest absolute Gasteiger partial charge is 0.351 e. The Kier molecular flexibility index (Phi) is 6.43. The number of aliphatic hydroxyl groups is 1. The van der Waals surface area contributed by atoms with Crippen molar-refractivity contribution in [1.29, 1.82) is 0 Å². The molecular weight excluding hydrogens is 464 g/mol. The lowest BCUT2D eigenvalue weighted by Gasteiger charge is -2.38. The van der Waals surface area contributed by atoms with Gasteiger partial charge in [0.1, 0.15) is 22.7 Å². The molecule has 0 bridgehead atoms. The summed E-state index contributed by atoms with van der Waals surface area (Å²) < 4.78 is 18.1. The van der Waals surface area contributed by atoms with Gasteiger partial charge < -0.3 is 34.6 Å². The fourth-order valence-electron chi connectivity index (χ4n) is 4.27. The highest BCUT2D eigenvalue weighted by Crippen LogP contribution is 2.56. The third-order valence-electron chi connectivity index (χ3n) is 6.47. The largest absolute Gasteiger partial charge is 0.507 e. The van der Waals surface area contributed by atoms with Gasteiger partial charge in [0.05, 0.1) is 6.10 Å². The van der Waals surface area contributed by atoms with Gasteiger partial charge in [-0.05, 0) is 54.4 Å². The highest BCUT2D eigenvalue weighted by molar-refractivity contribution is 5.99. The van der Waals surface area contributed by atoms with E-state index in [4.69, 9.17) is 14.2 Å². The van der Waals surface area contributed by atoms with E-state index < -0.39 is 23.4 Å². The summed E-state index contributed by atoms with van der Waals surface area (Å²) in [5.74, 6) is -1.68. The van der Waals surface area contributed by atoms with Crippen molar-refractivity contribution in [3.63, 3.8) is 0 Å². The minimum absolute atomic E-state index is 0.0208. The summed E-state index contributed by atoms with van der Waals surface area (Å²) >= 11 is 0. The molecule has 0 saturated carbocycles. The van der Waals surface area contributed by atoms with Gasteiger partial charge in [-0.25, -0.2) is 4.79 Å². The van der Waals surface area contributed by atoms with Crippen molar-refractivity contribution in [3.05, 3.63) is 51.6 Å². The first-order valence-corrected chi connectivity index (χ1v) is 11.8. The van der Waals surface area contributed by atoms with E-state index >= 15 is 0 Å². The highest BCUT2D eigenvalue weighted by Gasteiger charge is 2.43. The molecule has 8 nitrogen and oxygen atoms in total. The molecule has 0 saturated heterocycles. The fraction of sp³-hybridized carbons (Fsp3) is 0.393. The number of benzene rings is 2. The van der Waals surface area contributed by atoms with Gasteiger partial charge in [-0.15, -0.1) is 0 Å². The number of aromatic hydroxyl groups is 3. The molecule has 0 radical (unpaired) electrons. The minimum atomic E-state index is -0.989. The first kappa shape index (κ1) is 25.4. The maximum absolute atomic E-state index is 13.3. The summed E-state index contributed by atoms with van der Waals surface area (Å²) in [6.45, 7) is 11.0. The Morgan fingerprint density at radius 1 is 0.917 bits per heavy atom. The van der Waals surface area contributed by atoms with Crippen LogP contribution in [-0.4, -0.2) is 38.1 Å². The average molecular weight is 497 g/mol. The van der Waals surface area contributed by atoms with Crippen molar-refractivity contribution in [1.82, 2.24) is 0 Å². The summed E-state index contributed by atoms with van der Waals surface area (Å²) in [6, 6.07) is 1.08. The van der Waals surface area contributed by atoms with E-state index in [1.165, 1.54) is 0 Å². The van der Waals surface area contributed by atoms with Crippen molar-refractivity contribution in [2.75, 3.05) is 0 Å². The Morgan fingerprint density at radius 3 is 2.14 bits per heavy atom. The number of rotatable bonds is 4. The van der Waals surface area contributed by atoms with Crippen LogP contribution in [0.4, 0.5) is 0 Å². The second-order valence-corrected chi connectivity index (χ2v) is 10.3. The van der Waals surface area contributed by atoms with Crippen LogP contribution in [0.25, 0.3) is 0 Å². The number of phenolic OH excluding ortho intramolecular Hbond substituents is 3. The van der Waals surface area contributed by atoms with Crippen LogP contribution in [0.1, 0.15) is 68.6 Å². The van der Waals surface area contributed by atoms with Gasteiger partial charge in [0.15, 0.2) is 28.7 Å². The second-order valence-electron chi connectivity index (χ2n) is 10.3. The average Bonchev–Trinajstić information content (AvgIpc) is 2.91. The van der Waals surface area contributed by atoms with Crippen molar-refractivity contribution >= 4 is 5.97 Å². The third kappa shape index (κ3) is 4.37. The van der Waals surface area contributed by atoms with Crippen LogP contribution in [0.15, 0.2) is 29.4 Å². The molecule has 0 unspecified atom stereocenters. The van der Waals surface area contributed by atoms with Crippen molar-refractivity contribution in [2.45, 2.75) is 72.5 Å². The molecule has 2 aliphatic heterocycles. The third-order valence-corrected chi connectivity index (χ3v) is 6.47. The molecule has 2 aromatic rings. The summed E-state index contributed by atoms with van der Waals surface area (Å²) in [6.07, 6.45) is 3.28. The zero-order chi connectivity index (χ0) is 26.5. The summed E-state index contributed by atoms with van der Waals surface area (Å²) in [5.41, 5.74) is 1.63. The molecule has 36 heavy (non-hydrogen) atoms. The first-order valence-electron chi connectivity index (χ1n) is 11.8. The molecule has 4 N–H and O–H groups in total. The van der Waals surface area contributed by atoms with Gasteiger partial charge in [0, 0.05) is 29.2 Å². The van der Waals surface area contributed by atoms with Gasteiger partial charge in [-0.1, -0.05) is 23.3 Å². The lowest BCUT2D eigenvalue weighted by molar-refractivity contribution is -0.0431. The van der Waals surface area contributed by atoms with Crippen molar-refractivity contribution < 1.29 is 39.4 Å². The van der Waals surface area contributed by atoms with Crippen LogP contribution < -0.4 is 14.2 Å². The van der Waals surface area contributed by atoms with E-state index in [9.17, 15) is 25.2 Å². The number of phenols is 3. The standard InChI is InChI=1S/C28H32O8/c1-13(2)7-9-15-18(29)12-19(30)21-23(15)34-26-17-11-20(31)28(5,6)36-24(17)22(32)16(10-8-14(3)4)25(26)35-27(21)33/h7-8,12,20,29-32H,9-11H2,1-6H3/t20-/m1/s1. The van der Waals surface area contributed by atoms with E-state index in [-0.39, 0.29) is 64.9 Å². The van der Waals surface area contributed by atoms with Gasteiger partial charge in [0.25, 0.3) is 0 Å². The summed E-state index contributed by atoms with van der Waals surface area (Å²) in [4.78, 5) is 13.3. The molecule has 4 rings (SSSR count). The number of carbonyl (C=O) groups is 1. The first-order chi connectivity index (χ1) is 16.8. The fourth-order valence-corrected chi connectivity index (χ4v) is 4.27. The predicted molar refractivity (Wildman–Crippen MR) is 134 cm³/mol. The van der Waals surface area contributed by atoms with Gasteiger partial charge >= 0.3 is 5.97 Å². The van der Waals surface area contributed by atoms with Crippen molar-refractivity contribution in [3.8, 4) is 40.2 Å². The Morgan fingerprint density at radius 2 is 1.53 bits per heavy atom. The Bertz CT molecular complexity index is 1310. The van der Waals surface area contributed by atoms with E-state index in [0.29, 0.717) is 11.1 Å². The molecule has 0 aliphatic carbocycles. The predicted octanol–water partition coefficient (Wildman–Crippen LogP) is 5.22. The molecule has 8 heteroatoms. The monoisotopic (exact) mass is 496 g/mol. The van der Waals surface area contributed by atoms with Crippen LogP contribution in [0.2, 0.25) is 0 Å². The number of allylic oxidation sites excluding steroid dienone is 4. The Balaban J connectivity index is 2.03. The number of hydrogen-bond donors (Lipinski definition) is 4. The Labute approximate surface area is 210 Å². The summed E-state index contributed by atoms with van der Waals surface area (Å²) in [7, 11) is 0. The van der Waals surface area contributed by atoms with E-state index in [0.717, 1.165) is 17.2 Å². The van der Waals surface area contributed by atoms with Gasteiger partial charge in [-0.2, -0.15) is 0 Å². The molecule has 192 valence electrons. The van der Waals surface area contributed by atoms with Gasteiger partial charge in [0.2, 0.25) is 0 Å². The van der Waals surface area contributed by atoms with E-state index in [1.807, 2.05) is 39.8 Å². The molecule has 2 heterocycles. The quantitative estimate of drug-likeness (QED) is 0.258. The molecular formula is C28H32O8. The number of esters is 1. The van der Waals surface area contributed by atoms with Gasteiger partial charge in [-0.3, -0.25) is 0 Å². The number of aliphatic hydroxyl groups excluding tert-OH is 1. The highest BCUT2D eigenvalue weighted by atomic mass is 16.6. The number of carbonyl (C=O) groups excluding carboxylic acids is 1. The van der Waals surface area contributed by atoms with Crippen LogP contribution in [0.5, 0.6) is 40.2 Å². The Hall–Kier alpha value is -3.65. The molecule has 2 aromatic carbocycles. The van der Waals surface area contributed by atoms with Crippen LogP contribution in [0.3, 0.4) is 0 Å². The van der Waals surface area contributed by atoms with Crippen LogP contribution >= 0.6 is 0 Å². The molecule has 0 spiro atoms. The zero-order valence-corrected chi connectivity index (χ0v) is 21.4. The topological polar surface area (TPSA) is 126 Å². The number of hydrogen-bond acceptors (Lipinski definition) is 8. The second kappa shape index (κ2) is 9.09. The maximum Gasteiger partial charge on any atom is 0.351 e. The summed E-state index contributed by atoms with van der Waals surface area (Å²) in [5, 5.41) is 43.2. The molecule has 1 atom stereocenters. The molecule has 0 amide bonds. The molecule has 0 fully saturated rings. The maximum atomic E-state index is 13.3. The normalized spacial score (nSPS) is 17.3.